The van der Waals surface area contributed by atoms with Crippen LogP contribution >= 0.6 is 12.2 Å². The lowest BCUT2D eigenvalue weighted by molar-refractivity contribution is 0.514. The number of hydrogen-bond donors (Lipinski definition) is 1. The molecule has 0 saturated heterocycles. The number of hydrogen-bond acceptors (Lipinski definition) is 2. The molecule has 1 heterocycles. The van der Waals surface area contributed by atoms with Crippen LogP contribution in [0.15, 0.2) is 36.4 Å². The van der Waals surface area contributed by atoms with Gasteiger partial charge < -0.3 is 9.88 Å². The topological polar surface area (TPSA) is 24.0 Å². The zero-order chi connectivity index (χ0) is 15.1. The SMILES string of the molecule is CN(C)c1ccccc1-n1c(=S)[nH]c2ccc(F)c(F)c21. The number of benzene rings is 2. The minimum atomic E-state index is -0.909. The molecule has 3 aromatic rings. The number of anilines is 1. The number of para-hydroxylation sites is 2. The Labute approximate surface area is 125 Å². The highest BCUT2D eigenvalue weighted by molar-refractivity contribution is 7.71. The van der Waals surface area contributed by atoms with E-state index in [9.17, 15) is 8.78 Å². The van der Waals surface area contributed by atoms with Crippen LogP contribution in [0, 0.1) is 16.4 Å². The average Bonchev–Trinajstić information content (AvgIpc) is 2.80. The quantitative estimate of drug-likeness (QED) is 0.723. The number of imidazole rings is 1. The number of nitrogens with one attached hydrogen (secondary N) is 1. The third-order valence-electron chi connectivity index (χ3n) is 3.34. The van der Waals surface area contributed by atoms with Gasteiger partial charge in [-0.1, -0.05) is 12.1 Å². The maximum absolute atomic E-state index is 14.2. The first kappa shape index (κ1) is 13.8. The average molecular weight is 305 g/mol. The molecule has 3 nitrogen and oxygen atoms in total. The van der Waals surface area contributed by atoms with Crippen molar-refractivity contribution in [1.29, 1.82) is 0 Å². The van der Waals surface area contributed by atoms with Gasteiger partial charge in [0.2, 0.25) is 0 Å². The molecule has 3 rings (SSSR count). The third-order valence-corrected chi connectivity index (χ3v) is 3.63. The van der Waals surface area contributed by atoms with Crippen LogP contribution in [-0.2, 0) is 0 Å². The van der Waals surface area contributed by atoms with E-state index in [-0.39, 0.29) is 5.52 Å². The van der Waals surface area contributed by atoms with Crippen molar-refractivity contribution < 1.29 is 8.78 Å². The van der Waals surface area contributed by atoms with Crippen molar-refractivity contribution in [3.63, 3.8) is 0 Å². The van der Waals surface area contributed by atoms with Crippen LogP contribution in [0.5, 0.6) is 0 Å². The molecule has 0 aliphatic carbocycles. The number of fused-ring (bicyclic) bond motifs is 1. The summed E-state index contributed by atoms with van der Waals surface area (Å²) in [6.45, 7) is 0. The van der Waals surface area contributed by atoms with Gasteiger partial charge in [0.15, 0.2) is 16.4 Å². The highest BCUT2D eigenvalue weighted by Crippen LogP contribution is 2.29. The Kier molecular flexibility index (Phi) is 3.25. The van der Waals surface area contributed by atoms with Crippen LogP contribution in [0.1, 0.15) is 0 Å². The molecule has 21 heavy (non-hydrogen) atoms. The van der Waals surface area contributed by atoms with E-state index in [1.54, 1.807) is 0 Å². The van der Waals surface area contributed by atoms with Gasteiger partial charge in [-0.3, -0.25) is 4.57 Å². The molecule has 108 valence electrons. The minimum Gasteiger partial charge on any atom is -0.376 e. The second kappa shape index (κ2) is 4.96. The molecule has 0 fully saturated rings. The fraction of sp³-hybridized carbons (Fsp3) is 0.133. The molecule has 1 N–H and O–H groups in total. The van der Waals surface area contributed by atoms with E-state index >= 15 is 0 Å². The van der Waals surface area contributed by atoms with Gasteiger partial charge in [-0.15, -0.1) is 0 Å². The highest BCUT2D eigenvalue weighted by Gasteiger charge is 2.17. The number of aromatic amines is 1. The highest BCUT2D eigenvalue weighted by atomic mass is 32.1. The number of H-pyrrole nitrogens is 1. The van der Waals surface area contributed by atoms with Crippen LogP contribution in [0.3, 0.4) is 0 Å². The van der Waals surface area contributed by atoms with Crippen LogP contribution < -0.4 is 4.90 Å². The Morgan fingerprint density at radius 1 is 1.10 bits per heavy atom. The van der Waals surface area contributed by atoms with Crippen molar-refractivity contribution in [1.82, 2.24) is 9.55 Å². The van der Waals surface area contributed by atoms with E-state index in [1.807, 2.05) is 43.3 Å². The van der Waals surface area contributed by atoms with Gasteiger partial charge >= 0.3 is 0 Å². The predicted molar refractivity (Wildman–Crippen MR) is 82.7 cm³/mol. The monoisotopic (exact) mass is 305 g/mol. The van der Waals surface area contributed by atoms with Crippen LogP contribution in [-0.4, -0.2) is 23.6 Å². The van der Waals surface area contributed by atoms with Crippen molar-refractivity contribution in [3.8, 4) is 5.69 Å². The Bertz CT molecular complexity index is 880. The van der Waals surface area contributed by atoms with Gasteiger partial charge in [0, 0.05) is 14.1 Å². The molecule has 0 amide bonds. The summed E-state index contributed by atoms with van der Waals surface area (Å²) in [4.78, 5) is 4.81. The summed E-state index contributed by atoms with van der Waals surface area (Å²) < 4.78 is 29.6. The molecule has 0 bridgehead atoms. The van der Waals surface area contributed by atoms with Crippen LogP contribution in [0.2, 0.25) is 0 Å². The summed E-state index contributed by atoms with van der Waals surface area (Å²) in [5, 5.41) is 0. The predicted octanol–water partition coefficient (Wildman–Crippen LogP) is 4.03. The van der Waals surface area contributed by atoms with E-state index in [1.165, 1.54) is 10.6 Å². The lowest BCUT2D eigenvalue weighted by Crippen LogP contribution is -2.12. The maximum Gasteiger partial charge on any atom is 0.184 e. The van der Waals surface area contributed by atoms with Crippen molar-refractivity contribution in [2.24, 2.45) is 0 Å². The number of rotatable bonds is 2. The molecule has 0 aliphatic heterocycles. The normalized spacial score (nSPS) is 11.0. The van der Waals surface area contributed by atoms with Crippen molar-refractivity contribution in [2.75, 3.05) is 19.0 Å². The lowest BCUT2D eigenvalue weighted by atomic mass is 10.2. The molecule has 1 aromatic heterocycles. The summed E-state index contributed by atoms with van der Waals surface area (Å²) in [6, 6.07) is 10.0. The zero-order valence-corrected chi connectivity index (χ0v) is 12.3. The van der Waals surface area contributed by atoms with Crippen molar-refractivity contribution >= 4 is 28.9 Å². The summed E-state index contributed by atoms with van der Waals surface area (Å²) >= 11 is 5.28. The van der Waals surface area contributed by atoms with E-state index in [0.29, 0.717) is 16.0 Å². The Balaban J connectivity index is 2.44. The molecule has 0 saturated carbocycles. The van der Waals surface area contributed by atoms with E-state index in [0.717, 1.165) is 11.8 Å². The van der Waals surface area contributed by atoms with E-state index in [2.05, 4.69) is 4.98 Å². The van der Waals surface area contributed by atoms with E-state index < -0.39 is 11.6 Å². The third kappa shape index (κ3) is 2.12. The molecule has 2 aromatic carbocycles. The van der Waals surface area contributed by atoms with Gasteiger partial charge in [0.1, 0.15) is 5.52 Å². The summed E-state index contributed by atoms with van der Waals surface area (Å²) in [5.41, 5.74) is 2.14. The van der Waals surface area contributed by atoms with E-state index in [4.69, 9.17) is 12.2 Å². The summed E-state index contributed by atoms with van der Waals surface area (Å²) in [6.07, 6.45) is 0. The number of halogens is 2. The second-order valence-electron chi connectivity index (χ2n) is 4.91. The molecular formula is C15H13F2N3S. The standard InChI is InChI=1S/C15H13F2N3S/c1-19(2)11-5-3-4-6-12(11)20-14-10(18-15(20)21)8-7-9(16)13(14)17/h3-8H,1-2H3,(H,18,21). The zero-order valence-electron chi connectivity index (χ0n) is 11.5. The largest absolute Gasteiger partial charge is 0.376 e. The Morgan fingerprint density at radius 2 is 1.81 bits per heavy atom. The number of nitrogens with zero attached hydrogens (tertiary/aromatic N) is 2. The summed E-state index contributed by atoms with van der Waals surface area (Å²) in [5.74, 6) is -1.80. The fourth-order valence-corrected chi connectivity index (χ4v) is 2.69. The molecule has 0 aliphatic rings. The lowest BCUT2D eigenvalue weighted by Gasteiger charge is -2.18. The molecule has 0 radical (unpaired) electrons. The Hall–Kier alpha value is -2.21. The number of aromatic nitrogens is 2. The van der Waals surface area contributed by atoms with Gasteiger partial charge in [-0.05, 0) is 36.5 Å². The van der Waals surface area contributed by atoms with Crippen LogP contribution in [0.25, 0.3) is 16.7 Å². The molecule has 0 spiro atoms. The first-order chi connectivity index (χ1) is 10.0. The smallest absolute Gasteiger partial charge is 0.184 e. The van der Waals surface area contributed by atoms with Gasteiger partial charge in [-0.2, -0.15) is 0 Å². The minimum absolute atomic E-state index is 0.120. The van der Waals surface area contributed by atoms with Gasteiger partial charge in [0.25, 0.3) is 0 Å². The molecule has 0 atom stereocenters. The molecule has 6 heteroatoms. The van der Waals surface area contributed by atoms with Crippen molar-refractivity contribution in [2.45, 2.75) is 0 Å². The summed E-state index contributed by atoms with van der Waals surface area (Å²) in [7, 11) is 3.77. The fourth-order valence-electron chi connectivity index (χ4n) is 2.39. The molecular weight excluding hydrogens is 292 g/mol. The molecule has 0 unspecified atom stereocenters. The maximum atomic E-state index is 14.2. The second-order valence-corrected chi connectivity index (χ2v) is 5.29. The van der Waals surface area contributed by atoms with Crippen molar-refractivity contribution in [3.05, 3.63) is 52.8 Å². The van der Waals surface area contributed by atoms with Crippen LogP contribution in [0.4, 0.5) is 14.5 Å². The van der Waals surface area contributed by atoms with Gasteiger partial charge in [0.05, 0.1) is 16.9 Å². The first-order valence-electron chi connectivity index (χ1n) is 6.36. The first-order valence-corrected chi connectivity index (χ1v) is 6.77. The Morgan fingerprint density at radius 3 is 2.52 bits per heavy atom. The van der Waals surface area contributed by atoms with Gasteiger partial charge in [-0.25, -0.2) is 8.78 Å².